The van der Waals surface area contributed by atoms with Gasteiger partial charge in [-0.05, 0) is 46.3 Å². The third-order valence-electron chi connectivity index (χ3n) is 3.35. The molecule has 0 atom stereocenters. The number of nitrogens with one attached hydrogen (secondary N) is 1. The molecule has 3 N–H and O–H groups in total. The Labute approximate surface area is 120 Å². The number of hydrogen-bond donors (Lipinski definition) is 2. The number of rotatable bonds is 6. The number of anilines is 3. The van der Waals surface area contributed by atoms with Gasteiger partial charge in [0.05, 0.1) is 0 Å². The van der Waals surface area contributed by atoms with Crippen LogP contribution in [0.5, 0.6) is 0 Å². The highest BCUT2D eigenvalue weighted by Gasteiger charge is 2.15. The summed E-state index contributed by atoms with van der Waals surface area (Å²) in [5.74, 6) is 1.57. The van der Waals surface area contributed by atoms with E-state index in [1.165, 1.54) is 19.3 Å². The van der Waals surface area contributed by atoms with E-state index in [4.69, 9.17) is 5.73 Å². The summed E-state index contributed by atoms with van der Waals surface area (Å²) in [7, 11) is 4.13. The molecular weight excluding hydrogens is 254 g/mol. The number of aromatic nitrogens is 3. The fourth-order valence-electron chi connectivity index (χ4n) is 2.29. The van der Waals surface area contributed by atoms with Gasteiger partial charge < -0.3 is 20.9 Å². The van der Waals surface area contributed by atoms with Gasteiger partial charge in [-0.15, -0.1) is 0 Å². The Morgan fingerprint density at radius 2 is 1.90 bits per heavy atom. The van der Waals surface area contributed by atoms with Crippen LogP contribution in [0.25, 0.3) is 0 Å². The van der Waals surface area contributed by atoms with E-state index in [0.717, 1.165) is 32.6 Å². The Morgan fingerprint density at radius 3 is 2.60 bits per heavy atom. The van der Waals surface area contributed by atoms with E-state index in [9.17, 15) is 0 Å². The maximum absolute atomic E-state index is 5.78. The lowest BCUT2D eigenvalue weighted by atomic mass is 10.1. The monoisotopic (exact) mass is 279 g/mol. The molecule has 0 aliphatic carbocycles. The van der Waals surface area contributed by atoms with Crippen LogP contribution >= 0.6 is 0 Å². The van der Waals surface area contributed by atoms with Gasteiger partial charge in [0.15, 0.2) is 0 Å². The van der Waals surface area contributed by atoms with E-state index >= 15 is 0 Å². The van der Waals surface area contributed by atoms with E-state index in [-0.39, 0.29) is 5.95 Å². The molecule has 1 aliphatic rings. The standard InChI is InChI=1S/C13H25N7/c1-19(2)8-6-7-15-12-16-11(14)17-13(18-12)20-9-4-3-5-10-20/h3-10H2,1-2H3,(H3,14,15,16,17,18). The first-order valence-electron chi connectivity index (χ1n) is 7.30. The minimum absolute atomic E-state index is 0.288. The lowest BCUT2D eigenvalue weighted by Gasteiger charge is -2.26. The molecule has 0 radical (unpaired) electrons. The molecule has 0 aromatic carbocycles. The van der Waals surface area contributed by atoms with Crippen molar-refractivity contribution in [3.8, 4) is 0 Å². The second-order valence-corrected chi connectivity index (χ2v) is 5.45. The van der Waals surface area contributed by atoms with Gasteiger partial charge in [-0.2, -0.15) is 15.0 Å². The largest absolute Gasteiger partial charge is 0.368 e. The zero-order valence-electron chi connectivity index (χ0n) is 12.5. The normalized spacial score (nSPS) is 15.7. The average Bonchev–Trinajstić information content (AvgIpc) is 2.44. The summed E-state index contributed by atoms with van der Waals surface area (Å²) < 4.78 is 0. The predicted molar refractivity (Wildman–Crippen MR) is 82.0 cm³/mol. The molecule has 1 fully saturated rings. The van der Waals surface area contributed by atoms with Crippen LogP contribution in [-0.4, -0.2) is 60.1 Å². The van der Waals surface area contributed by atoms with Crippen LogP contribution in [0.4, 0.5) is 17.8 Å². The zero-order valence-corrected chi connectivity index (χ0v) is 12.5. The summed E-state index contributed by atoms with van der Waals surface area (Å²) in [6.45, 7) is 3.88. The van der Waals surface area contributed by atoms with Crippen LogP contribution in [0.15, 0.2) is 0 Å². The highest BCUT2D eigenvalue weighted by atomic mass is 15.3. The lowest BCUT2D eigenvalue weighted by Crippen LogP contribution is -2.31. The molecule has 1 aliphatic heterocycles. The van der Waals surface area contributed by atoms with Gasteiger partial charge in [-0.3, -0.25) is 0 Å². The van der Waals surface area contributed by atoms with Gasteiger partial charge in [0, 0.05) is 19.6 Å². The zero-order chi connectivity index (χ0) is 14.4. The predicted octanol–water partition coefficient (Wildman–Crippen LogP) is 0.808. The number of nitrogens with two attached hydrogens (primary N) is 1. The molecule has 2 heterocycles. The Balaban J connectivity index is 1.93. The van der Waals surface area contributed by atoms with E-state index in [1.807, 2.05) is 0 Å². The first-order chi connectivity index (χ1) is 9.65. The Kier molecular flexibility index (Phi) is 5.34. The fraction of sp³-hybridized carbons (Fsp3) is 0.769. The number of nitrogens with zero attached hydrogens (tertiary/aromatic N) is 5. The maximum atomic E-state index is 5.78. The quantitative estimate of drug-likeness (QED) is 0.745. The molecule has 0 saturated carbocycles. The fourth-order valence-corrected chi connectivity index (χ4v) is 2.29. The van der Waals surface area contributed by atoms with Gasteiger partial charge >= 0.3 is 0 Å². The Hall–Kier alpha value is -1.63. The van der Waals surface area contributed by atoms with Crippen molar-refractivity contribution < 1.29 is 0 Å². The van der Waals surface area contributed by atoms with Gasteiger partial charge in [0.25, 0.3) is 0 Å². The van der Waals surface area contributed by atoms with E-state index < -0.39 is 0 Å². The highest BCUT2D eigenvalue weighted by Crippen LogP contribution is 2.17. The third-order valence-corrected chi connectivity index (χ3v) is 3.35. The van der Waals surface area contributed by atoms with Crippen LogP contribution in [0.3, 0.4) is 0 Å². The lowest BCUT2D eigenvalue weighted by molar-refractivity contribution is 0.405. The molecule has 0 bridgehead atoms. The number of piperidine rings is 1. The van der Waals surface area contributed by atoms with Gasteiger partial charge in [-0.1, -0.05) is 0 Å². The molecular formula is C13H25N7. The van der Waals surface area contributed by atoms with Crippen molar-refractivity contribution in [3.63, 3.8) is 0 Å². The summed E-state index contributed by atoms with van der Waals surface area (Å²) >= 11 is 0. The van der Waals surface area contributed by atoms with E-state index in [2.05, 4.69) is 44.2 Å². The van der Waals surface area contributed by atoms with Crippen molar-refractivity contribution in [2.24, 2.45) is 0 Å². The smallest absolute Gasteiger partial charge is 0.231 e. The van der Waals surface area contributed by atoms with Gasteiger partial charge in [0.1, 0.15) is 0 Å². The minimum atomic E-state index is 0.288. The van der Waals surface area contributed by atoms with Crippen LogP contribution in [0, 0.1) is 0 Å². The summed E-state index contributed by atoms with van der Waals surface area (Å²) in [5.41, 5.74) is 5.78. The molecule has 0 unspecified atom stereocenters. The number of hydrogen-bond acceptors (Lipinski definition) is 7. The van der Waals surface area contributed by atoms with Crippen LogP contribution < -0.4 is 16.0 Å². The van der Waals surface area contributed by atoms with Crippen LogP contribution in [0.2, 0.25) is 0 Å². The summed E-state index contributed by atoms with van der Waals surface area (Å²) in [6.07, 6.45) is 4.71. The van der Waals surface area contributed by atoms with Crippen LogP contribution in [0.1, 0.15) is 25.7 Å². The summed E-state index contributed by atoms with van der Waals surface area (Å²) in [4.78, 5) is 17.2. The highest BCUT2D eigenvalue weighted by molar-refractivity contribution is 5.42. The second kappa shape index (κ2) is 7.23. The molecule has 1 aromatic rings. The Bertz CT molecular complexity index is 415. The topological polar surface area (TPSA) is 83.2 Å². The SMILES string of the molecule is CN(C)CCCNc1nc(N)nc(N2CCCCC2)n1. The summed E-state index contributed by atoms with van der Waals surface area (Å²) in [6, 6.07) is 0. The molecule has 1 saturated heterocycles. The van der Waals surface area contributed by atoms with E-state index in [0.29, 0.717) is 11.9 Å². The minimum Gasteiger partial charge on any atom is -0.368 e. The van der Waals surface area contributed by atoms with Crippen molar-refractivity contribution in [2.75, 3.05) is 56.2 Å². The second-order valence-electron chi connectivity index (χ2n) is 5.45. The van der Waals surface area contributed by atoms with E-state index in [1.54, 1.807) is 0 Å². The van der Waals surface area contributed by atoms with Gasteiger partial charge in [-0.25, -0.2) is 0 Å². The average molecular weight is 279 g/mol. The van der Waals surface area contributed by atoms with Crippen molar-refractivity contribution in [3.05, 3.63) is 0 Å². The molecule has 0 amide bonds. The third kappa shape index (κ3) is 4.48. The van der Waals surface area contributed by atoms with Crippen molar-refractivity contribution in [2.45, 2.75) is 25.7 Å². The molecule has 20 heavy (non-hydrogen) atoms. The maximum Gasteiger partial charge on any atom is 0.231 e. The van der Waals surface area contributed by atoms with Crippen molar-refractivity contribution in [1.82, 2.24) is 19.9 Å². The Morgan fingerprint density at radius 1 is 1.15 bits per heavy atom. The molecule has 112 valence electrons. The number of nitrogen functional groups attached to an aromatic ring is 1. The van der Waals surface area contributed by atoms with Crippen molar-refractivity contribution in [1.29, 1.82) is 0 Å². The molecule has 2 rings (SSSR count). The summed E-state index contributed by atoms with van der Waals surface area (Å²) in [5, 5.41) is 3.22. The molecule has 0 spiro atoms. The van der Waals surface area contributed by atoms with Crippen molar-refractivity contribution >= 4 is 17.8 Å². The van der Waals surface area contributed by atoms with Gasteiger partial charge in [0.2, 0.25) is 17.8 Å². The van der Waals surface area contributed by atoms with Crippen LogP contribution in [-0.2, 0) is 0 Å². The first kappa shape index (κ1) is 14.8. The first-order valence-corrected chi connectivity index (χ1v) is 7.30. The molecule has 7 heteroatoms. The molecule has 7 nitrogen and oxygen atoms in total. The molecule has 1 aromatic heterocycles.